The molecule has 1 atom stereocenters. The zero-order chi connectivity index (χ0) is 24.2. The van der Waals surface area contributed by atoms with Gasteiger partial charge in [-0.25, -0.2) is 4.39 Å². The van der Waals surface area contributed by atoms with Gasteiger partial charge in [-0.05, 0) is 59.4 Å². The fourth-order valence-electron chi connectivity index (χ4n) is 3.46. The Labute approximate surface area is 203 Å². The first kappa shape index (κ1) is 25.5. The zero-order valence-electron chi connectivity index (χ0n) is 19.0. The Morgan fingerprint density at radius 3 is 2.32 bits per heavy atom. The smallest absolute Gasteiger partial charge is 0.269 e. The summed E-state index contributed by atoms with van der Waals surface area (Å²) >= 11 is -1.34. The number of amides is 2. The molecular weight excluding hydrogens is 451 g/mol. The Bertz CT molecular complexity index is 1060. The Kier molecular flexibility index (Phi) is 10.1. The van der Waals surface area contributed by atoms with Crippen LogP contribution in [0.1, 0.15) is 31.2 Å². The number of rotatable bonds is 12. The summed E-state index contributed by atoms with van der Waals surface area (Å²) in [6, 6.07) is 23.5. The molecule has 0 heterocycles. The summed E-state index contributed by atoms with van der Waals surface area (Å²) in [5, 5.41) is 5.71. The molecule has 0 aliphatic rings. The third-order valence-corrected chi connectivity index (χ3v) is 6.43. The number of nitrogens with one attached hydrogen (secondary N) is 2. The van der Waals surface area contributed by atoms with E-state index in [-0.39, 0.29) is 29.1 Å². The van der Waals surface area contributed by atoms with E-state index in [9.17, 15) is 18.5 Å². The maximum absolute atomic E-state index is 12.9. The average Bonchev–Trinajstić information content (AvgIpc) is 2.83. The van der Waals surface area contributed by atoms with Gasteiger partial charge in [0.05, 0.1) is 0 Å². The van der Waals surface area contributed by atoms with E-state index in [1.807, 2.05) is 54.6 Å². The van der Waals surface area contributed by atoms with Crippen LogP contribution in [0, 0.1) is 5.82 Å². The molecule has 5 nitrogen and oxygen atoms in total. The molecule has 0 saturated carbocycles. The van der Waals surface area contributed by atoms with Crippen LogP contribution < -0.4 is 10.6 Å². The quantitative estimate of drug-likeness (QED) is 0.281. The standard InChI is InChI=1S/C27H29FN2O3S/c28-24-15-13-21(14-16-24)19-34(33)20-27(32)29-17-6-2-5-12-26(31)30-25-11-7-10-23(18-25)22-8-3-1-4-9-22/h1,3-4,7-11,13-16,18H,2,5-6,12,17,19-20H2,(H,29,32)(H,30,31). The van der Waals surface area contributed by atoms with E-state index in [2.05, 4.69) is 10.6 Å². The fraction of sp³-hybridized carbons (Fsp3) is 0.259. The van der Waals surface area contributed by atoms with Crippen molar-refractivity contribution in [2.75, 3.05) is 17.6 Å². The number of anilines is 1. The SMILES string of the molecule is O=C(C[S+]([O-])Cc1ccc(F)cc1)NCCCCCC(=O)Nc1cccc(-c2ccccc2)c1. The number of carbonyl (C=O) groups excluding carboxylic acids is 2. The fourth-order valence-corrected chi connectivity index (χ4v) is 4.52. The minimum atomic E-state index is -1.34. The van der Waals surface area contributed by atoms with Gasteiger partial charge in [-0.2, -0.15) is 0 Å². The number of carbonyl (C=O) groups is 2. The van der Waals surface area contributed by atoms with Crippen LogP contribution in [0.4, 0.5) is 10.1 Å². The second kappa shape index (κ2) is 13.5. The predicted octanol–water partition coefficient (Wildman–Crippen LogP) is 5.06. The van der Waals surface area contributed by atoms with E-state index in [1.54, 1.807) is 12.1 Å². The minimum Gasteiger partial charge on any atom is -0.616 e. The van der Waals surface area contributed by atoms with Gasteiger partial charge in [0.1, 0.15) is 11.6 Å². The van der Waals surface area contributed by atoms with Gasteiger partial charge < -0.3 is 15.2 Å². The molecule has 2 N–H and O–H groups in total. The van der Waals surface area contributed by atoms with Crippen molar-refractivity contribution in [2.45, 2.75) is 31.4 Å². The molecule has 0 fully saturated rings. The molecule has 0 bridgehead atoms. The highest BCUT2D eigenvalue weighted by molar-refractivity contribution is 7.91. The van der Waals surface area contributed by atoms with Crippen LogP contribution in [0.5, 0.6) is 0 Å². The van der Waals surface area contributed by atoms with Gasteiger partial charge in [-0.3, -0.25) is 9.59 Å². The van der Waals surface area contributed by atoms with E-state index < -0.39 is 11.2 Å². The van der Waals surface area contributed by atoms with Crippen LogP contribution in [0.15, 0.2) is 78.9 Å². The normalized spacial score (nSPS) is 11.6. The van der Waals surface area contributed by atoms with Crippen molar-refractivity contribution >= 4 is 28.7 Å². The summed E-state index contributed by atoms with van der Waals surface area (Å²) in [7, 11) is 0. The lowest BCUT2D eigenvalue weighted by atomic mass is 10.1. The first-order chi connectivity index (χ1) is 16.5. The van der Waals surface area contributed by atoms with Crippen LogP contribution >= 0.6 is 0 Å². The van der Waals surface area contributed by atoms with Crippen molar-refractivity contribution in [3.63, 3.8) is 0 Å². The topological polar surface area (TPSA) is 81.3 Å². The Balaban J connectivity index is 1.27. The highest BCUT2D eigenvalue weighted by Gasteiger charge is 2.14. The summed E-state index contributed by atoms with van der Waals surface area (Å²) < 4.78 is 25.0. The summed E-state index contributed by atoms with van der Waals surface area (Å²) in [5.41, 5.74) is 3.65. The number of unbranched alkanes of at least 4 members (excludes halogenated alkanes) is 2. The van der Waals surface area contributed by atoms with Crippen LogP contribution in [-0.2, 0) is 26.5 Å². The summed E-state index contributed by atoms with van der Waals surface area (Å²) in [6.07, 6.45) is 2.67. The highest BCUT2D eigenvalue weighted by atomic mass is 32.2. The Morgan fingerprint density at radius 1 is 0.824 bits per heavy atom. The van der Waals surface area contributed by atoms with Crippen molar-refractivity contribution in [1.82, 2.24) is 5.32 Å². The molecule has 2 amide bonds. The van der Waals surface area contributed by atoms with E-state index >= 15 is 0 Å². The van der Waals surface area contributed by atoms with Crippen molar-refractivity contribution in [1.29, 1.82) is 0 Å². The van der Waals surface area contributed by atoms with Crippen LogP contribution in [0.3, 0.4) is 0 Å². The molecule has 178 valence electrons. The molecule has 3 aromatic carbocycles. The lowest BCUT2D eigenvalue weighted by Gasteiger charge is -2.11. The maximum Gasteiger partial charge on any atom is 0.269 e. The molecule has 0 saturated heterocycles. The molecule has 0 aliphatic heterocycles. The zero-order valence-corrected chi connectivity index (χ0v) is 19.8. The third kappa shape index (κ3) is 9.00. The average molecular weight is 481 g/mol. The molecule has 1 unspecified atom stereocenters. The van der Waals surface area contributed by atoms with Crippen molar-refractivity contribution in [3.05, 3.63) is 90.2 Å². The number of hydrogen-bond donors (Lipinski definition) is 2. The van der Waals surface area contributed by atoms with E-state index in [0.29, 0.717) is 13.0 Å². The van der Waals surface area contributed by atoms with Gasteiger partial charge in [0.2, 0.25) is 5.91 Å². The van der Waals surface area contributed by atoms with Crippen LogP contribution in [-0.4, -0.2) is 28.7 Å². The van der Waals surface area contributed by atoms with Gasteiger partial charge >= 0.3 is 0 Å². The number of halogens is 1. The lowest BCUT2D eigenvalue weighted by Crippen LogP contribution is -2.31. The predicted molar refractivity (Wildman–Crippen MR) is 135 cm³/mol. The molecule has 7 heteroatoms. The van der Waals surface area contributed by atoms with E-state index in [0.717, 1.165) is 41.6 Å². The van der Waals surface area contributed by atoms with Gasteiger partial charge in [-0.15, -0.1) is 0 Å². The molecule has 0 aromatic heterocycles. The van der Waals surface area contributed by atoms with Crippen molar-refractivity contribution in [3.8, 4) is 11.1 Å². The van der Waals surface area contributed by atoms with Gasteiger partial charge in [0.15, 0.2) is 5.75 Å². The first-order valence-electron chi connectivity index (χ1n) is 11.3. The third-order valence-electron chi connectivity index (χ3n) is 5.19. The van der Waals surface area contributed by atoms with Crippen LogP contribution in [0.25, 0.3) is 11.1 Å². The molecule has 0 spiro atoms. The lowest BCUT2D eigenvalue weighted by molar-refractivity contribution is -0.119. The molecule has 0 radical (unpaired) electrons. The van der Waals surface area contributed by atoms with Gasteiger partial charge in [0.25, 0.3) is 5.91 Å². The summed E-state index contributed by atoms with van der Waals surface area (Å²) in [4.78, 5) is 24.2. The largest absolute Gasteiger partial charge is 0.616 e. The number of benzene rings is 3. The summed E-state index contributed by atoms with van der Waals surface area (Å²) in [6.45, 7) is 0.479. The van der Waals surface area contributed by atoms with Crippen LogP contribution in [0.2, 0.25) is 0 Å². The van der Waals surface area contributed by atoms with Crippen molar-refractivity contribution < 1.29 is 18.5 Å². The second-order valence-corrected chi connectivity index (χ2v) is 9.47. The van der Waals surface area contributed by atoms with Gasteiger partial charge in [0, 0.05) is 24.2 Å². The molecule has 3 aromatic rings. The van der Waals surface area contributed by atoms with E-state index in [1.165, 1.54) is 12.1 Å². The highest BCUT2D eigenvalue weighted by Crippen LogP contribution is 2.22. The molecule has 0 aliphatic carbocycles. The Hall–Kier alpha value is -3.16. The second-order valence-electron chi connectivity index (χ2n) is 8.01. The minimum absolute atomic E-state index is 0.0366. The Morgan fingerprint density at radius 2 is 1.56 bits per heavy atom. The monoisotopic (exact) mass is 480 g/mol. The van der Waals surface area contributed by atoms with E-state index in [4.69, 9.17) is 0 Å². The maximum atomic E-state index is 12.9. The molecule has 34 heavy (non-hydrogen) atoms. The molecule has 3 rings (SSSR count). The van der Waals surface area contributed by atoms with Gasteiger partial charge in [-0.1, -0.05) is 61.0 Å². The van der Waals surface area contributed by atoms with Crippen molar-refractivity contribution in [2.24, 2.45) is 0 Å². The number of hydrogen-bond acceptors (Lipinski definition) is 3. The summed E-state index contributed by atoms with van der Waals surface area (Å²) in [5.74, 6) is -0.511. The first-order valence-corrected chi connectivity index (χ1v) is 12.8. The molecular formula is C27H29FN2O3S.